The van der Waals surface area contributed by atoms with Gasteiger partial charge in [0.15, 0.2) is 0 Å². The second-order valence-corrected chi connectivity index (χ2v) is 9.97. The van der Waals surface area contributed by atoms with Crippen molar-refractivity contribution in [1.29, 1.82) is 0 Å². The third-order valence-corrected chi connectivity index (χ3v) is 5.68. The average Bonchev–Trinajstić information content (AvgIpc) is 2.78. The van der Waals surface area contributed by atoms with Crippen molar-refractivity contribution in [2.24, 2.45) is 5.92 Å². The van der Waals surface area contributed by atoms with E-state index in [9.17, 15) is 14.7 Å². The zero-order valence-electron chi connectivity index (χ0n) is 21.9. The number of benzene rings is 2. The minimum Gasteiger partial charge on any atom is -0.462 e. The van der Waals surface area contributed by atoms with Crippen LogP contribution in [0.5, 0.6) is 0 Å². The number of rotatable bonds is 8. The Morgan fingerprint density at radius 1 is 0.794 bits per heavy atom. The van der Waals surface area contributed by atoms with Crippen molar-refractivity contribution < 1.29 is 24.2 Å². The smallest absolute Gasteiger partial charge is 0.309 e. The second kappa shape index (κ2) is 13.9. The average molecular weight is 471 g/mol. The maximum Gasteiger partial charge on any atom is 0.309 e. The van der Waals surface area contributed by atoms with Gasteiger partial charge in [-0.1, -0.05) is 81.4 Å². The molecular formula is C29H42O5. The van der Waals surface area contributed by atoms with Gasteiger partial charge >= 0.3 is 11.9 Å². The standard InChI is InChI=1S/C19H28O4.C10H14O/c1-13(12-17(20)23-19(4,5)6)18(21)22-15(3)14(2)16-10-8-7-9-11-16;1-8(9(2)11)10-6-4-3-5-7-10/h7-11,13-15H,12H2,1-6H3;3-9,11H,1-2H3/t13-,14-,15+;8-,9+/m11/s1. The summed E-state index contributed by atoms with van der Waals surface area (Å²) in [6.07, 6.45) is -0.494. The van der Waals surface area contributed by atoms with E-state index < -0.39 is 11.5 Å². The molecule has 0 saturated heterocycles. The maximum absolute atomic E-state index is 12.2. The molecule has 188 valence electrons. The SMILES string of the molecule is C[C@H](CC(=O)OC(C)(C)C)C(=O)O[C@@H](C)[C@@H](C)c1ccccc1.C[C@H](O)[C@@H](C)c1ccccc1. The molecule has 0 aliphatic rings. The van der Waals surface area contributed by atoms with E-state index in [0.717, 1.165) is 5.56 Å². The Labute approximate surface area is 205 Å². The lowest BCUT2D eigenvalue weighted by atomic mass is 9.96. The van der Waals surface area contributed by atoms with Crippen LogP contribution in [0.25, 0.3) is 0 Å². The number of carbonyl (C=O) groups excluding carboxylic acids is 2. The lowest BCUT2D eigenvalue weighted by Gasteiger charge is -2.23. The lowest BCUT2D eigenvalue weighted by Crippen LogP contribution is -2.29. The van der Waals surface area contributed by atoms with Crippen LogP contribution < -0.4 is 0 Å². The molecule has 34 heavy (non-hydrogen) atoms. The third kappa shape index (κ3) is 11.0. The molecule has 0 bridgehead atoms. The molecule has 2 rings (SSSR count). The molecule has 2 aromatic carbocycles. The van der Waals surface area contributed by atoms with Gasteiger partial charge in [-0.2, -0.15) is 0 Å². The van der Waals surface area contributed by atoms with Crippen LogP contribution in [0, 0.1) is 5.92 Å². The van der Waals surface area contributed by atoms with Gasteiger partial charge < -0.3 is 14.6 Å². The van der Waals surface area contributed by atoms with Crippen molar-refractivity contribution in [1.82, 2.24) is 0 Å². The zero-order valence-corrected chi connectivity index (χ0v) is 21.9. The summed E-state index contributed by atoms with van der Waals surface area (Å²) in [5.74, 6) is -0.947. The van der Waals surface area contributed by atoms with E-state index in [1.165, 1.54) is 5.56 Å². The summed E-state index contributed by atoms with van der Waals surface area (Å²) in [6.45, 7) is 14.8. The van der Waals surface area contributed by atoms with Crippen molar-refractivity contribution in [2.45, 2.75) is 91.5 Å². The van der Waals surface area contributed by atoms with Crippen LogP contribution in [0.3, 0.4) is 0 Å². The zero-order chi connectivity index (χ0) is 25.9. The normalized spacial score (nSPS) is 15.6. The predicted octanol–water partition coefficient (Wildman–Crippen LogP) is 6.26. The second-order valence-electron chi connectivity index (χ2n) is 9.97. The Bertz CT molecular complexity index is 855. The molecule has 5 heteroatoms. The molecule has 0 amide bonds. The number of carbonyl (C=O) groups is 2. The number of hydrogen-bond donors (Lipinski definition) is 1. The molecule has 0 radical (unpaired) electrons. The summed E-state index contributed by atoms with van der Waals surface area (Å²) in [5, 5.41) is 9.27. The lowest BCUT2D eigenvalue weighted by molar-refractivity contribution is -0.163. The van der Waals surface area contributed by atoms with Gasteiger partial charge in [0.2, 0.25) is 0 Å². The molecule has 0 unspecified atom stereocenters. The van der Waals surface area contributed by atoms with Gasteiger partial charge in [0, 0.05) is 11.8 Å². The topological polar surface area (TPSA) is 72.8 Å². The van der Waals surface area contributed by atoms with Gasteiger partial charge in [0.25, 0.3) is 0 Å². The predicted molar refractivity (Wildman–Crippen MR) is 137 cm³/mol. The molecule has 0 saturated carbocycles. The van der Waals surface area contributed by atoms with E-state index in [1.54, 1.807) is 27.7 Å². The number of aliphatic hydroxyl groups excluding tert-OH is 1. The van der Waals surface area contributed by atoms with Gasteiger partial charge in [-0.05, 0) is 45.7 Å². The molecule has 5 nitrogen and oxygen atoms in total. The van der Waals surface area contributed by atoms with Gasteiger partial charge in [-0.25, -0.2) is 0 Å². The first-order valence-electron chi connectivity index (χ1n) is 12.0. The summed E-state index contributed by atoms with van der Waals surface area (Å²) < 4.78 is 10.7. The van der Waals surface area contributed by atoms with Crippen molar-refractivity contribution in [3.8, 4) is 0 Å². The number of hydrogen-bond acceptors (Lipinski definition) is 5. The summed E-state index contributed by atoms with van der Waals surface area (Å²) in [6, 6.07) is 20.0. The number of aliphatic hydroxyl groups is 1. The third-order valence-electron chi connectivity index (χ3n) is 5.68. The first kappa shape index (κ1) is 29.4. The Hall–Kier alpha value is -2.66. The van der Waals surface area contributed by atoms with Crippen molar-refractivity contribution >= 4 is 11.9 Å². The molecule has 5 atom stereocenters. The molecule has 2 aromatic rings. The molecule has 0 fully saturated rings. The summed E-state index contributed by atoms with van der Waals surface area (Å²) in [7, 11) is 0. The Morgan fingerprint density at radius 3 is 1.65 bits per heavy atom. The molecular weight excluding hydrogens is 428 g/mol. The minimum atomic E-state index is -0.546. The highest BCUT2D eigenvalue weighted by atomic mass is 16.6. The van der Waals surface area contributed by atoms with Gasteiger partial charge in [0.05, 0.1) is 18.4 Å². The van der Waals surface area contributed by atoms with Crippen LogP contribution in [0.1, 0.15) is 84.8 Å². The number of esters is 2. The first-order valence-corrected chi connectivity index (χ1v) is 12.0. The molecule has 0 aliphatic heterocycles. The summed E-state index contributed by atoms with van der Waals surface area (Å²) in [4.78, 5) is 23.9. The van der Waals surface area contributed by atoms with Crippen LogP contribution in [-0.2, 0) is 19.1 Å². The molecule has 1 N–H and O–H groups in total. The van der Waals surface area contributed by atoms with Crippen molar-refractivity contribution in [2.75, 3.05) is 0 Å². The van der Waals surface area contributed by atoms with Crippen molar-refractivity contribution in [3.05, 3.63) is 71.8 Å². The molecule has 0 aliphatic carbocycles. The van der Waals surface area contributed by atoms with Crippen LogP contribution >= 0.6 is 0 Å². The fraction of sp³-hybridized carbons (Fsp3) is 0.517. The van der Waals surface area contributed by atoms with E-state index in [4.69, 9.17) is 9.47 Å². The van der Waals surface area contributed by atoms with E-state index >= 15 is 0 Å². The van der Waals surface area contributed by atoms with Crippen LogP contribution in [0.4, 0.5) is 0 Å². The largest absolute Gasteiger partial charge is 0.462 e. The Kier molecular flexibility index (Phi) is 12.0. The summed E-state index contributed by atoms with van der Waals surface area (Å²) >= 11 is 0. The number of ether oxygens (including phenoxy) is 2. The Morgan fingerprint density at radius 2 is 1.24 bits per heavy atom. The van der Waals surface area contributed by atoms with E-state index in [2.05, 4.69) is 0 Å². The highest BCUT2D eigenvalue weighted by Crippen LogP contribution is 2.22. The first-order chi connectivity index (χ1) is 15.8. The fourth-order valence-electron chi connectivity index (χ4n) is 3.18. The fourth-order valence-corrected chi connectivity index (χ4v) is 3.18. The van der Waals surface area contributed by atoms with E-state index in [1.807, 2.05) is 88.4 Å². The van der Waals surface area contributed by atoms with Crippen molar-refractivity contribution in [3.63, 3.8) is 0 Å². The van der Waals surface area contributed by atoms with Gasteiger partial charge in [0.1, 0.15) is 11.7 Å². The summed E-state index contributed by atoms with van der Waals surface area (Å²) in [5.41, 5.74) is 1.77. The molecule has 0 aromatic heterocycles. The van der Waals surface area contributed by atoms with Gasteiger partial charge in [-0.15, -0.1) is 0 Å². The van der Waals surface area contributed by atoms with Crippen LogP contribution in [0.2, 0.25) is 0 Å². The van der Waals surface area contributed by atoms with Gasteiger partial charge in [-0.3, -0.25) is 9.59 Å². The van der Waals surface area contributed by atoms with E-state index in [0.29, 0.717) is 0 Å². The quantitative estimate of drug-likeness (QED) is 0.461. The minimum absolute atomic E-state index is 0.0303. The van der Waals surface area contributed by atoms with E-state index in [-0.39, 0.29) is 42.4 Å². The van der Waals surface area contributed by atoms with Crippen LogP contribution in [-0.4, -0.2) is 34.9 Å². The highest BCUT2D eigenvalue weighted by molar-refractivity contribution is 5.79. The molecule has 0 heterocycles. The van der Waals surface area contributed by atoms with Crippen LogP contribution in [0.15, 0.2) is 60.7 Å². The maximum atomic E-state index is 12.2. The monoisotopic (exact) mass is 470 g/mol. The molecule has 0 spiro atoms. The highest BCUT2D eigenvalue weighted by Gasteiger charge is 2.26. The Balaban J connectivity index is 0.000000437.